The van der Waals surface area contributed by atoms with E-state index in [0.717, 1.165) is 18.4 Å². The zero-order valence-corrected chi connectivity index (χ0v) is 14.1. The standard InChI is InChI=1S/C18H27NO4/c1-3-4-5-6-10-13-22-17(20)14-19(2)18(21)23-15-16-11-8-7-9-12-16/h7-9,11-12H,3-6,10,13-15H2,1-2H3. The number of amides is 1. The summed E-state index contributed by atoms with van der Waals surface area (Å²) in [6.45, 7) is 2.67. The number of unbranched alkanes of at least 4 members (excludes halogenated alkanes) is 4. The van der Waals surface area contributed by atoms with Crippen molar-refractivity contribution >= 4 is 12.1 Å². The van der Waals surface area contributed by atoms with E-state index in [1.165, 1.54) is 31.2 Å². The van der Waals surface area contributed by atoms with E-state index in [1.807, 2.05) is 30.3 Å². The second-order valence-electron chi connectivity index (χ2n) is 5.53. The largest absolute Gasteiger partial charge is 0.464 e. The van der Waals surface area contributed by atoms with E-state index >= 15 is 0 Å². The molecule has 0 N–H and O–H groups in total. The molecule has 0 aliphatic rings. The first kappa shape index (κ1) is 19.0. The molecule has 23 heavy (non-hydrogen) atoms. The minimum absolute atomic E-state index is 0.0947. The Hall–Kier alpha value is -2.04. The molecular weight excluding hydrogens is 294 g/mol. The summed E-state index contributed by atoms with van der Waals surface area (Å²) in [4.78, 5) is 24.7. The Kier molecular flexibility index (Phi) is 9.52. The topological polar surface area (TPSA) is 55.8 Å². The first-order valence-electron chi connectivity index (χ1n) is 8.21. The van der Waals surface area contributed by atoms with Crippen molar-refractivity contribution in [3.8, 4) is 0 Å². The third-order valence-electron chi connectivity index (χ3n) is 3.39. The van der Waals surface area contributed by atoms with Crippen LogP contribution in [0.25, 0.3) is 0 Å². The van der Waals surface area contributed by atoms with Crippen LogP contribution in [0, 0.1) is 0 Å². The van der Waals surface area contributed by atoms with E-state index in [1.54, 1.807) is 0 Å². The minimum atomic E-state index is -0.534. The average molecular weight is 321 g/mol. The summed E-state index contributed by atoms with van der Waals surface area (Å²) in [6, 6.07) is 9.41. The van der Waals surface area contributed by atoms with Crippen LogP contribution in [0.15, 0.2) is 30.3 Å². The smallest absolute Gasteiger partial charge is 0.410 e. The molecule has 0 saturated heterocycles. The molecule has 1 aromatic rings. The van der Waals surface area contributed by atoms with Crippen LogP contribution < -0.4 is 0 Å². The Morgan fingerprint density at radius 3 is 2.39 bits per heavy atom. The van der Waals surface area contributed by atoms with Crippen molar-refractivity contribution in [3.63, 3.8) is 0 Å². The van der Waals surface area contributed by atoms with E-state index in [-0.39, 0.29) is 13.2 Å². The molecule has 1 amide bonds. The molecule has 128 valence electrons. The molecule has 1 aromatic carbocycles. The molecule has 0 aliphatic carbocycles. The van der Waals surface area contributed by atoms with Gasteiger partial charge in [-0.2, -0.15) is 0 Å². The molecule has 5 nitrogen and oxygen atoms in total. The van der Waals surface area contributed by atoms with Crippen molar-refractivity contribution in [1.82, 2.24) is 4.90 Å². The third kappa shape index (κ3) is 8.86. The lowest BCUT2D eigenvalue weighted by Crippen LogP contribution is -2.33. The van der Waals surface area contributed by atoms with Crippen LogP contribution in [0.2, 0.25) is 0 Å². The van der Waals surface area contributed by atoms with E-state index in [0.29, 0.717) is 6.61 Å². The van der Waals surface area contributed by atoms with Gasteiger partial charge in [0.05, 0.1) is 6.61 Å². The lowest BCUT2D eigenvalue weighted by molar-refractivity contribution is -0.144. The second kappa shape index (κ2) is 11.5. The summed E-state index contributed by atoms with van der Waals surface area (Å²) in [5.74, 6) is -0.403. The first-order valence-corrected chi connectivity index (χ1v) is 8.21. The Bertz CT molecular complexity index is 461. The van der Waals surface area contributed by atoms with E-state index in [2.05, 4.69) is 6.92 Å². The van der Waals surface area contributed by atoms with Gasteiger partial charge in [0.15, 0.2) is 0 Å². The number of rotatable bonds is 10. The fraction of sp³-hybridized carbons (Fsp3) is 0.556. The van der Waals surface area contributed by atoms with Crippen LogP contribution in [0.4, 0.5) is 4.79 Å². The Morgan fingerprint density at radius 1 is 1.00 bits per heavy atom. The summed E-state index contributed by atoms with van der Waals surface area (Å²) in [7, 11) is 1.52. The maximum absolute atomic E-state index is 11.8. The monoisotopic (exact) mass is 321 g/mol. The van der Waals surface area contributed by atoms with Gasteiger partial charge in [-0.25, -0.2) is 4.79 Å². The van der Waals surface area contributed by atoms with Crippen LogP contribution in [0.5, 0.6) is 0 Å². The fourth-order valence-corrected chi connectivity index (χ4v) is 2.02. The van der Waals surface area contributed by atoms with Gasteiger partial charge in [0.2, 0.25) is 0 Å². The van der Waals surface area contributed by atoms with E-state index in [9.17, 15) is 9.59 Å². The van der Waals surface area contributed by atoms with Crippen molar-refractivity contribution in [1.29, 1.82) is 0 Å². The van der Waals surface area contributed by atoms with Gasteiger partial charge in [-0.1, -0.05) is 62.9 Å². The molecule has 5 heteroatoms. The first-order chi connectivity index (χ1) is 11.1. The molecule has 0 unspecified atom stereocenters. The Morgan fingerprint density at radius 2 is 1.70 bits per heavy atom. The predicted molar refractivity (Wildman–Crippen MR) is 89.0 cm³/mol. The zero-order chi connectivity index (χ0) is 16.9. The highest BCUT2D eigenvalue weighted by atomic mass is 16.6. The van der Waals surface area contributed by atoms with Crippen molar-refractivity contribution < 1.29 is 19.1 Å². The minimum Gasteiger partial charge on any atom is -0.464 e. The molecule has 0 spiro atoms. The third-order valence-corrected chi connectivity index (χ3v) is 3.39. The number of hydrogen-bond donors (Lipinski definition) is 0. The number of esters is 1. The van der Waals surface area contributed by atoms with Crippen LogP contribution in [-0.2, 0) is 20.9 Å². The number of nitrogens with zero attached hydrogens (tertiary/aromatic N) is 1. The van der Waals surface area contributed by atoms with Crippen LogP contribution >= 0.6 is 0 Å². The summed E-state index contributed by atoms with van der Waals surface area (Å²) in [5, 5.41) is 0. The van der Waals surface area contributed by atoms with Crippen LogP contribution in [0.3, 0.4) is 0 Å². The number of carbonyl (C=O) groups is 2. The molecule has 0 heterocycles. The molecule has 0 bridgehead atoms. The van der Waals surface area contributed by atoms with Gasteiger partial charge in [-0.05, 0) is 12.0 Å². The van der Waals surface area contributed by atoms with Gasteiger partial charge in [0.25, 0.3) is 0 Å². The Balaban J connectivity index is 2.14. The summed E-state index contributed by atoms with van der Waals surface area (Å²) in [6.07, 6.45) is 4.97. The quantitative estimate of drug-likeness (QED) is 0.486. The van der Waals surface area contributed by atoms with E-state index in [4.69, 9.17) is 9.47 Å². The number of carbonyl (C=O) groups excluding carboxylic acids is 2. The average Bonchev–Trinajstić information content (AvgIpc) is 2.56. The van der Waals surface area contributed by atoms with Crippen LogP contribution in [-0.4, -0.2) is 37.2 Å². The molecule has 0 radical (unpaired) electrons. The molecule has 0 aromatic heterocycles. The van der Waals surface area contributed by atoms with Gasteiger partial charge >= 0.3 is 12.1 Å². The lowest BCUT2D eigenvalue weighted by atomic mass is 10.2. The number of hydrogen-bond acceptors (Lipinski definition) is 4. The molecule has 0 saturated carbocycles. The predicted octanol–water partition coefficient (Wildman–Crippen LogP) is 3.77. The van der Waals surface area contributed by atoms with Crippen molar-refractivity contribution in [2.75, 3.05) is 20.2 Å². The van der Waals surface area contributed by atoms with Gasteiger partial charge in [-0.15, -0.1) is 0 Å². The van der Waals surface area contributed by atoms with Gasteiger partial charge in [0, 0.05) is 7.05 Å². The summed E-state index contributed by atoms with van der Waals surface area (Å²) >= 11 is 0. The highest BCUT2D eigenvalue weighted by Gasteiger charge is 2.15. The molecule has 0 atom stereocenters. The second-order valence-corrected chi connectivity index (χ2v) is 5.53. The number of ether oxygens (including phenoxy) is 2. The maximum Gasteiger partial charge on any atom is 0.410 e. The van der Waals surface area contributed by atoms with Gasteiger partial charge in [0.1, 0.15) is 13.2 Å². The van der Waals surface area contributed by atoms with E-state index < -0.39 is 12.1 Å². The SMILES string of the molecule is CCCCCCCOC(=O)CN(C)C(=O)OCc1ccccc1. The van der Waals surface area contributed by atoms with Crippen molar-refractivity contribution in [3.05, 3.63) is 35.9 Å². The normalized spacial score (nSPS) is 10.2. The summed E-state index contributed by atoms with van der Waals surface area (Å²) in [5.41, 5.74) is 0.906. The molecule has 0 fully saturated rings. The Labute approximate surface area is 138 Å². The summed E-state index contributed by atoms with van der Waals surface area (Å²) < 4.78 is 10.3. The van der Waals surface area contributed by atoms with Crippen molar-refractivity contribution in [2.24, 2.45) is 0 Å². The fourth-order valence-electron chi connectivity index (χ4n) is 2.02. The van der Waals surface area contributed by atoms with Gasteiger partial charge in [-0.3, -0.25) is 4.79 Å². The van der Waals surface area contributed by atoms with Crippen LogP contribution in [0.1, 0.15) is 44.6 Å². The highest BCUT2D eigenvalue weighted by molar-refractivity contribution is 5.77. The molecular formula is C18H27NO4. The molecule has 0 aliphatic heterocycles. The van der Waals surface area contributed by atoms with Crippen molar-refractivity contribution in [2.45, 2.75) is 45.6 Å². The number of likely N-dealkylation sites (N-methyl/N-ethyl adjacent to an activating group) is 1. The van der Waals surface area contributed by atoms with Gasteiger partial charge < -0.3 is 14.4 Å². The molecule has 1 rings (SSSR count). The number of benzene rings is 1. The maximum atomic E-state index is 11.8. The lowest BCUT2D eigenvalue weighted by Gasteiger charge is -2.16. The highest BCUT2D eigenvalue weighted by Crippen LogP contribution is 2.04. The zero-order valence-electron chi connectivity index (χ0n) is 14.1.